The molecule has 2 aromatic rings. The second kappa shape index (κ2) is 15.3. The molecule has 37 heavy (non-hydrogen) atoms. The molecule has 0 aliphatic heterocycles. The van der Waals surface area contributed by atoms with E-state index in [0.717, 1.165) is 13.0 Å². The number of nitrogens with one attached hydrogen (secondary N) is 1. The Hall–Kier alpha value is -2.94. The van der Waals surface area contributed by atoms with Gasteiger partial charge in [-0.1, -0.05) is 13.8 Å². The number of nitro groups is 2. The Labute approximate surface area is 217 Å². The predicted octanol–water partition coefficient (Wildman–Crippen LogP) is 3.25. The van der Waals surface area contributed by atoms with Crippen molar-refractivity contribution in [3.8, 4) is 0 Å². The quantitative estimate of drug-likeness (QED) is 0.197. The van der Waals surface area contributed by atoms with E-state index >= 15 is 0 Å². The van der Waals surface area contributed by atoms with E-state index in [4.69, 9.17) is 5.73 Å². The van der Waals surface area contributed by atoms with Gasteiger partial charge in [0.15, 0.2) is 19.7 Å². The van der Waals surface area contributed by atoms with Gasteiger partial charge in [0.25, 0.3) is 11.4 Å². The summed E-state index contributed by atoms with van der Waals surface area (Å²) in [6.07, 6.45) is 2.49. The van der Waals surface area contributed by atoms with E-state index in [1.165, 1.54) is 48.5 Å². The lowest BCUT2D eigenvalue weighted by Crippen LogP contribution is -2.24. The summed E-state index contributed by atoms with van der Waals surface area (Å²) < 4.78 is 47.6. The first-order chi connectivity index (χ1) is 17.3. The van der Waals surface area contributed by atoms with E-state index in [9.17, 15) is 37.1 Å². The molecule has 0 unspecified atom stereocenters. The highest BCUT2D eigenvalue weighted by atomic mass is 32.2. The number of nitrogens with two attached hydrogens (primary N) is 1. The van der Waals surface area contributed by atoms with Gasteiger partial charge in [0.05, 0.1) is 31.1 Å². The number of rotatable bonds is 14. The zero-order chi connectivity index (χ0) is 28.1. The highest BCUT2D eigenvalue weighted by Gasteiger charge is 2.16. The van der Waals surface area contributed by atoms with Gasteiger partial charge in [0.2, 0.25) is 0 Å². The van der Waals surface area contributed by atoms with Crippen molar-refractivity contribution in [2.45, 2.75) is 55.4 Å². The molecule has 3 N–H and O–H groups in total. The van der Waals surface area contributed by atoms with E-state index in [-0.39, 0.29) is 32.7 Å². The lowest BCUT2D eigenvalue weighted by atomic mass is 10.3. The van der Waals surface area contributed by atoms with Crippen LogP contribution in [0, 0.1) is 20.2 Å². The third-order valence-electron chi connectivity index (χ3n) is 5.07. The smallest absolute Gasteiger partial charge is 0.269 e. The number of unbranched alkanes of at least 4 members (excludes halogenated alkanes) is 2. The van der Waals surface area contributed by atoms with Gasteiger partial charge in [0, 0.05) is 30.3 Å². The molecule has 0 radical (unpaired) electrons. The zero-order valence-electron chi connectivity index (χ0n) is 20.9. The summed E-state index contributed by atoms with van der Waals surface area (Å²) in [5.74, 6) is 0.0760. The Morgan fingerprint density at radius 3 is 1.43 bits per heavy atom. The summed E-state index contributed by atoms with van der Waals surface area (Å²) in [6, 6.07) is 10.3. The fourth-order valence-electron chi connectivity index (χ4n) is 3.03. The molecular formula is C23H34N4O8S2. The minimum atomic E-state index is -3.35. The molecule has 2 rings (SSSR count). The Bertz CT molecular complexity index is 1210. The van der Waals surface area contributed by atoms with Crippen LogP contribution in [0.2, 0.25) is 0 Å². The van der Waals surface area contributed by atoms with Gasteiger partial charge in [-0.3, -0.25) is 20.2 Å². The maximum Gasteiger partial charge on any atom is 0.269 e. The van der Waals surface area contributed by atoms with E-state index in [0.29, 0.717) is 31.8 Å². The van der Waals surface area contributed by atoms with Crippen LogP contribution in [0.5, 0.6) is 0 Å². The zero-order valence-corrected chi connectivity index (χ0v) is 22.5. The normalized spacial score (nSPS) is 11.6. The fraction of sp³-hybridized carbons (Fsp3) is 0.478. The van der Waals surface area contributed by atoms with Gasteiger partial charge in [-0.15, -0.1) is 0 Å². The molecule has 0 spiro atoms. The first-order valence-corrected chi connectivity index (χ1v) is 15.0. The average Bonchev–Trinajstić information content (AvgIpc) is 2.84. The van der Waals surface area contributed by atoms with E-state index in [2.05, 4.69) is 5.32 Å². The molecule has 0 atom stereocenters. The summed E-state index contributed by atoms with van der Waals surface area (Å²) in [7, 11) is -6.71. The Morgan fingerprint density at radius 1 is 0.730 bits per heavy atom. The SMILES string of the molecule is CC(C)NCCCCS(=O)(=O)c1ccc([N+](=O)[O-])cc1.NCCCCS(=O)(=O)c1ccc([N+](=O)[O-])cc1. The molecule has 14 heteroatoms. The van der Waals surface area contributed by atoms with Crippen molar-refractivity contribution in [2.75, 3.05) is 24.6 Å². The van der Waals surface area contributed by atoms with Crippen LogP contribution in [-0.4, -0.2) is 57.3 Å². The van der Waals surface area contributed by atoms with E-state index in [1.807, 2.05) is 13.8 Å². The van der Waals surface area contributed by atoms with Crippen LogP contribution >= 0.6 is 0 Å². The van der Waals surface area contributed by atoms with Crippen molar-refractivity contribution in [1.29, 1.82) is 0 Å². The van der Waals surface area contributed by atoms with Crippen LogP contribution in [0.15, 0.2) is 58.3 Å². The lowest BCUT2D eigenvalue weighted by Gasteiger charge is -2.08. The van der Waals surface area contributed by atoms with Crippen LogP contribution in [0.3, 0.4) is 0 Å². The highest BCUT2D eigenvalue weighted by Crippen LogP contribution is 2.18. The molecule has 0 saturated heterocycles. The van der Waals surface area contributed by atoms with Crippen LogP contribution < -0.4 is 11.1 Å². The van der Waals surface area contributed by atoms with Crippen molar-refractivity contribution in [1.82, 2.24) is 5.32 Å². The first-order valence-electron chi connectivity index (χ1n) is 11.7. The fourth-order valence-corrected chi connectivity index (χ4v) is 5.77. The van der Waals surface area contributed by atoms with Crippen molar-refractivity contribution in [3.63, 3.8) is 0 Å². The number of benzene rings is 2. The molecule has 2 aromatic carbocycles. The average molecular weight is 559 g/mol. The standard InChI is InChI=1S/C13H20N2O4S.C10H14N2O4S/c1-11(2)14-9-3-4-10-20(18,19)13-7-5-12(6-8-13)15(16)17;11-7-1-2-8-17(15,16)10-5-3-9(4-6-10)12(13)14/h5-8,11,14H,3-4,9-10H2,1-2H3;3-6H,1-2,7-8,11H2. The summed E-state index contributed by atoms with van der Waals surface area (Å²) >= 11 is 0. The number of non-ortho nitro benzene ring substituents is 2. The number of hydrogen-bond donors (Lipinski definition) is 2. The van der Waals surface area contributed by atoms with E-state index in [1.54, 1.807) is 0 Å². The van der Waals surface area contributed by atoms with Crippen molar-refractivity contribution >= 4 is 31.0 Å². The second-order valence-corrected chi connectivity index (χ2v) is 12.7. The molecule has 12 nitrogen and oxygen atoms in total. The molecule has 0 amide bonds. The molecule has 0 aliphatic rings. The third kappa shape index (κ3) is 11.8. The molecule has 0 bridgehead atoms. The van der Waals surface area contributed by atoms with Gasteiger partial charge in [-0.25, -0.2) is 16.8 Å². The number of nitrogens with zero attached hydrogens (tertiary/aromatic N) is 2. The summed E-state index contributed by atoms with van der Waals surface area (Å²) in [6.45, 7) is 5.31. The van der Waals surface area contributed by atoms with Crippen molar-refractivity contribution in [3.05, 3.63) is 68.8 Å². The molecular weight excluding hydrogens is 524 g/mol. The molecule has 0 heterocycles. The minimum Gasteiger partial charge on any atom is -0.330 e. The minimum absolute atomic E-state index is 0.0159. The Balaban J connectivity index is 0.000000375. The summed E-state index contributed by atoms with van der Waals surface area (Å²) in [5.41, 5.74) is 5.05. The summed E-state index contributed by atoms with van der Waals surface area (Å²) in [4.78, 5) is 20.1. The van der Waals surface area contributed by atoms with Crippen molar-refractivity contribution in [2.24, 2.45) is 5.73 Å². The van der Waals surface area contributed by atoms with Crippen LogP contribution in [0.4, 0.5) is 11.4 Å². The van der Waals surface area contributed by atoms with Crippen LogP contribution in [-0.2, 0) is 19.7 Å². The third-order valence-corrected chi connectivity index (χ3v) is 8.71. The molecule has 0 saturated carbocycles. The number of hydrogen-bond acceptors (Lipinski definition) is 10. The largest absolute Gasteiger partial charge is 0.330 e. The van der Waals surface area contributed by atoms with Gasteiger partial charge >= 0.3 is 0 Å². The molecule has 0 aromatic heterocycles. The Kier molecular flexibility index (Phi) is 13.3. The van der Waals surface area contributed by atoms with Crippen molar-refractivity contribution < 1.29 is 26.7 Å². The topological polar surface area (TPSA) is 193 Å². The van der Waals surface area contributed by atoms with Gasteiger partial charge in [-0.05, 0) is 63.0 Å². The number of sulfone groups is 2. The first kappa shape index (κ1) is 32.1. The van der Waals surface area contributed by atoms with Gasteiger partial charge in [0.1, 0.15) is 0 Å². The molecule has 0 aliphatic carbocycles. The Morgan fingerprint density at radius 2 is 1.11 bits per heavy atom. The maximum absolute atomic E-state index is 12.0. The molecule has 206 valence electrons. The van der Waals surface area contributed by atoms with Gasteiger partial charge in [-0.2, -0.15) is 0 Å². The molecule has 0 fully saturated rings. The van der Waals surface area contributed by atoms with Gasteiger partial charge < -0.3 is 11.1 Å². The monoisotopic (exact) mass is 558 g/mol. The predicted molar refractivity (Wildman–Crippen MR) is 141 cm³/mol. The number of nitro benzene ring substituents is 2. The highest BCUT2D eigenvalue weighted by molar-refractivity contribution is 7.91. The van der Waals surface area contributed by atoms with Crippen LogP contribution in [0.25, 0.3) is 0 Å². The summed E-state index contributed by atoms with van der Waals surface area (Å²) in [5, 5.41) is 24.1. The van der Waals surface area contributed by atoms with Crippen LogP contribution in [0.1, 0.15) is 39.5 Å². The maximum atomic E-state index is 12.0. The second-order valence-electron chi connectivity index (χ2n) is 8.45. The lowest BCUT2D eigenvalue weighted by molar-refractivity contribution is -0.385. The van der Waals surface area contributed by atoms with E-state index < -0.39 is 29.5 Å².